The van der Waals surface area contributed by atoms with E-state index >= 15 is 0 Å². The molecule has 0 amide bonds. The van der Waals surface area contributed by atoms with Crippen molar-refractivity contribution in [2.24, 2.45) is 7.05 Å². The number of aromatic nitrogens is 4. The number of fused-ring (bicyclic) bond motifs is 1. The van der Waals surface area contributed by atoms with Gasteiger partial charge in [-0.25, -0.2) is 9.48 Å². The minimum atomic E-state index is -0.687. The van der Waals surface area contributed by atoms with E-state index in [0.717, 1.165) is 25.0 Å². The lowest BCUT2D eigenvalue weighted by atomic mass is 10.2. The molecule has 6 heteroatoms. The molecule has 0 aliphatic carbocycles. The molecule has 0 saturated carbocycles. The lowest BCUT2D eigenvalue weighted by Crippen LogP contribution is -2.06. The third kappa shape index (κ3) is 1.74. The first-order chi connectivity index (χ1) is 7.22. The molecule has 2 heterocycles. The lowest BCUT2D eigenvalue weighted by molar-refractivity contribution is 0.363. The Morgan fingerprint density at radius 2 is 2.27 bits per heavy atom. The molecule has 2 aromatic rings. The summed E-state index contributed by atoms with van der Waals surface area (Å²) in [6.45, 7) is 2.11. The van der Waals surface area contributed by atoms with Gasteiger partial charge in [-0.05, 0) is 12.8 Å². The van der Waals surface area contributed by atoms with E-state index in [1.165, 1.54) is 0 Å². The van der Waals surface area contributed by atoms with Crippen LogP contribution in [0.15, 0.2) is 9.32 Å². The van der Waals surface area contributed by atoms with Crippen LogP contribution in [0, 0.1) is 0 Å². The maximum atomic E-state index is 10.9. The van der Waals surface area contributed by atoms with Gasteiger partial charge in [-0.2, -0.15) is 10.1 Å². The number of nitrogens with zero attached hydrogens (tertiary/aromatic N) is 4. The lowest BCUT2D eigenvalue weighted by Gasteiger charge is -1.91. The molecule has 2 rings (SSSR count). The fraction of sp³-hybridized carbons (Fsp3) is 0.556. The van der Waals surface area contributed by atoms with E-state index in [1.807, 2.05) is 0 Å². The molecule has 15 heavy (non-hydrogen) atoms. The van der Waals surface area contributed by atoms with Gasteiger partial charge in [0.05, 0.1) is 5.69 Å². The molecule has 0 aliphatic heterocycles. The minimum Gasteiger partial charge on any atom is -0.296 e. The Hall–Kier alpha value is -1.72. The third-order valence-electron chi connectivity index (χ3n) is 2.24. The van der Waals surface area contributed by atoms with Crippen LogP contribution in [-0.4, -0.2) is 19.9 Å². The van der Waals surface area contributed by atoms with Crippen molar-refractivity contribution in [1.29, 1.82) is 0 Å². The molecular formula is C9H12N4O2. The molecule has 0 bridgehead atoms. The van der Waals surface area contributed by atoms with Crippen LogP contribution in [0.3, 0.4) is 0 Å². The molecule has 2 aromatic heterocycles. The summed E-state index contributed by atoms with van der Waals surface area (Å²) in [6, 6.07) is 0. The van der Waals surface area contributed by atoms with Gasteiger partial charge in [-0.15, -0.1) is 0 Å². The van der Waals surface area contributed by atoms with Crippen molar-refractivity contribution in [1.82, 2.24) is 19.9 Å². The summed E-state index contributed by atoms with van der Waals surface area (Å²) in [5, 5.41) is 7.98. The molecule has 0 atom stereocenters. The summed E-state index contributed by atoms with van der Waals surface area (Å²) in [5.74, 6) is -0.687. The first-order valence-corrected chi connectivity index (χ1v) is 4.92. The van der Waals surface area contributed by atoms with Gasteiger partial charge in [-0.1, -0.05) is 18.5 Å². The van der Waals surface area contributed by atoms with Gasteiger partial charge >= 0.3 is 5.76 Å². The first kappa shape index (κ1) is 9.82. The Morgan fingerprint density at radius 3 is 3.00 bits per heavy atom. The van der Waals surface area contributed by atoms with Crippen molar-refractivity contribution in [2.75, 3.05) is 0 Å². The van der Waals surface area contributed by atoms with Gasteiger partial charge in [-0.3, -0.25) is 4.52 Å². The number of rotatable bonds is 3. The fourth-order valence-corrected chi connectivity index (χ4v) is 1.48. The summed E-state index contributed by atoms with van der Waals surface area (Å²) < 4.78 is 6.06. The predicted octanol–water partition coefficient (Wildman–Crippen LogP) is 0.659. The molecule has 0 aliphatic rings. The number of aryl methyl sites for hydroxylation is 2. The molecule has 0 spiro atoms. The van der Waals surface area contributed by atoms with E-state index in [0.29, 0.717) is 11.2 Å². The fourth-order valence-electron chi connectivity index (χ4n) is 1.48. The highest BCUT2D eigenvalue weighted by Crippen LogP contribution is 2.13. The van der Waals surface area contributed by atoms with E-state index in [-0.39, 0.29) is 0 Å². The van der Waals surface area contributed by atoms with Crippen molar-refractivity contribution in [2.45, 2.75) is 26.2 Å². The van der Waals surface area contributed by atoms with Gasteiger partial charge in [0, 0.05) is 7.05 Å². The van der Waals surface area contributed by atoms with Crippen LogP contribution in [-0.2, 0) is 13.5 Å². The zero-order valence-corrected chi connectivity index (χ0v) is 8.73. The summed E-state index contributed by atoms with van der Waals surface area (Å²) in [6.07, 6.45) is 2.95. The molecular weight excluding hydrogens is 196 g/mol. The third-order valence-corrected chi connectivity index (χ3v) is 2.24. The number of hydrogen-bond donors (Lipinski definition) is 0. The minimum absolute atomic E-state index is 0.484. The van der Waals surface area contributed by atoms with Crippen LogP contribution < -0.4 is 5.76 Å². The quantitative estimate of drug-likeness (QED) is 0.740. The van der Waals surface area contributed by atoms with Crippen molar-refractivity contribution in [3.63, 3.8) is 0 Å². The molecule has 6 nitrogen and oxygen atoms in total. The largest absolute Gasteiger partial charge is 0.461 e. The van der Waals surface area contributed by atoms with Gasteiger partial charge in [0.15, 0.2) is 11.2 Å². The maximum Gasteiger partial charge on any atom is 0.461 e. The Bertz CT molecular complexity index is 528. The van der Waals surface area contributed by atoms with E-state index < -0.39 is 5.76 Å². The zero-order valence-electron chi connectivity index (χ0n) is 8.73. The van der Waals surface area contributed by atoms with Crippen LogP contribution in [0.2, 0.25) is 0 Å². The van der Waals surface area contributed by atoms with E-state index in [2.05, 4.69) is 26.7 Å². The second kappa shape index (κ2) is 3.80. The summed E-state index contributed by atoms with van der Waals surface area (Å²) in [5.41, 5.74) is 1.91. The van der Waals surface area contributed by atoms with Crippen LogP contribution in [0.1, 0.15) is 25.5 Å². The first-order valence-electron chi connectivity index (χ1n) is 4.92. The monoisotopic (exact) mass is 208 g/mol. The van der Waals surface area contributed by atoms with Crippen molar-refractivity contribution < 1.29 is 4.52 Å². The highest BCUT2D eigenvalue weighted by Gasteiger charge is 2.12. The Kier molecular flexibility index (Phi) is 2.49. The van der Waals surface area contributed by atoms with Gasteiger partial charge in [0.2, 0.25) is 0 Å². The van der Waals surface area contributed by atoms with Gasteiger partial charge < -0.3 is 0 Å². The SMILES string of the molecule is CCCCc1nn(C)c2nc(=O)onc12. The second-order valence-corrected chi connectivity index (χ2v) is 3.41. The van der Waals surface area contributed by atoms with E-state index in [4.69, 9.17) is 0 Å². The predicted molar refractivity (Wildman–Crippen MR) is 53.5 cm³/mol. The molecule has 0 radical (unpaired) electrons. The van der Waals surface area contributed by atoms with E-state index in [1.54, 1.807) is 11.7 Å². The van der Waals surface area contributed by atoms with Gasteiger partial charge in [0.1, 0.15) is 0 Å². The smallest absolute Gasteiger partial charge is 0.296 e. The maximum absolute atomic E-state index is 10.9. The summed E-state index contributed by atoms with van der Waals surface area (Å²) in [4.78, 5) is 14.6. The number of unbranched alkanes of at least 4 members (excludes halogenated alkanes) is 1. The topological polar surface area (TPSA) is 73.8 Å². The Labute approximate surface area is 85.9 Å². The highest BCUT2D eigenvalue weighted by atomic mass is 16.5. The second-order valence-electron chi connectivity index (χ2n) is 3.41. The standard InChI is InChI=1S/C9H12N4O2/c1-3-4-5-6-7-8(13(2)11-6)10-9(14)15-12-7/h3-5H2,1-2H3. The van der Waals surface area contributed by atoms with Crippen LogP contribution >= 0.6 is 0 Å². The molecule has 0 fully saturated rings. The van der Waals surface area contributed by atoms with E-state index in [9.17, 15) is 4.79 Å². The van der Waals surface area contributed by atoms with Crippen LogP contribution in [0.4, 0.5) is 0 Å². The average molecular weight is 208 g/mol. The van der Waals surface area contributed by atoms with Crippen LogP contribution in [0.25, 0.3) is 11.2 Å². The van der Waals surface area contributed by atoms with Crippen LogP contribution in [0.5, 0.6) is 0 Å². The number of hydrogen-bond acceptors (Lipinski definition) is 5. The average Bonchev–Trinajstić information content (AvgIpc) is 2.53. The highest BCUT2D eigenvalue weighted by molar-refractivity contribution is 5.72. The van der Waals surface area contributed by atoms with Crippen molar-refractivity contribution >= 4 is 11.2 Å². The van der Waals surface area contributed by atoms with Gasteiger partial charge in [0.25, 0.3) is 0 Å². The summed E-state index contributed by atoms with van der Waals surface area (Å²) >= 11 is 0. The molecule has 0 aromatic carbocycles. The van der Waals surface area contributed by atoms with Crippen molar-refractivity contribution in [3.05, 3.63) is 16.2 Å². The molecule has 0 unspecified atom stereocenters. The molecule has 80 valence electrons. The normalized spacial score (nSPS) is 11.1. The Morgan fingerprint density at radius 1 is 1.47 bits per heavy atom. The molecule has 0 N–H and O–H groups in total. The zero-order chi connectivity index (χ0) is 10.8. The molecule has 0 saturated heterocycles. The summed E-state index contributed by atoms with van der Waals surface area (Å²) in [7, 11) is 1.74. The Balaban J connectivity index is 2.53. The van der Waals surface area contributed by atoms with Crippen molar-refractivity contribution in [3.8, 4) is 0 Å².